The summed E-state index contributed by atoms with van der Waals surface area (Å²) in [5.41, 5.74) is 1.16. The van der Waals surface area contributed by atoms with Gasteiger partial charge in [0.25, 0.3) is 0 Å². The third kappa shape index (κ3) is 3.56. The smallest absolute Gasteiger partial charge is 0.309 e. The summed E-state index contributed by atoms with van der Waals surface area (Å²) in [7, 11) is 1.32. The molecule has 0 aliphatic carbocycles. The number of alkyl halides is 3. The van der Waals surface area contributed by atoms with Crippen LogP contribution >= 0.6 is 34.8 Å². The van der Waals surface area contributed by atoms with E-state index in [4.69, 9.17) is 34.8 Å². The fourth-order valence-corrected chi connectivity index (χ4v) is 1.73. The van der Waals surface area contributed by atoms with Crippen LogP contribution in [0, 0.1) is 0 Å². The van der Waals surface area contributed by atoms with E-state index in [-0.39, 0.29) is 12.4 Å². The Morgan fingerprint density at radius 2 is 1.93 bits per heavy atom. The molecule has 0 aliphatic heterocycles. The molecule has 0 spiro atoms. The fourth-order valence-electron chi connectivity index (χ4n) is 1.18. The number of carbonyl (C=O) groups is 1. The molecule has 0 aromatic heterocycles. The first kappa shape index (κ1) is 12.6. The lowest BCUT2D eigenvalue weighted by Gasteiger charge is -2.15. The van der Waals surface area contributed by atoms with Gasteiger partial charge in [-0.2, -0.15) is 0 Å². The van der Waals surface area contributed by atoms with E-state index < -0.39 is 3.79 Å². The van der Waals surface area contributed by atoms with Crippen LogP contribution in [-0.2, 0) is 19.7 Å². The van der Waals surface area contributed by atoms with Crippen molar-refractivity contribution < 1.29 is 9.53 Å². The minimum atomic E-state index is -1.52. The first-order valence-electron chi connectivity index (χ1n) is 4.17. The number of esters is 1. The Morgan fingerprint density at radius 3 is 2.47 bits per heavy atom. The predicted molar refractivity (Wildman–Crippen MR) is 61.4 cm³/mol. The normalized spacial score (nSPS) is 11.2. The lowest BCUT2D eigenvalue weighted by atomic mass is 10.1. The van der Waals surface area contributed by atoms with Crippen molar-refractivity contribution in [2.45, 2.75) is 10.2 Å². The number of methoxy groups -OCH3 is 1. The van der Waals surface area contributed by atoms with E-state index in [1.54, 1.807) is 24.3 Å². The standard InChI is InChI=1S/C10H9Cl3O2/c1-15-9(14)6-7-4-2-3-5-8(7)10(11,12)13/h2-5H,6H2,1H3. The SMILES string of the molecule is COC(=O)Cc1ccccc1C(Cl)(Cl)Cl. The monoisotopic (exact) mass is 266 g/mol. The van der Waals surface area contributed by atoms with Crippen LogP contribution in [0.15, 0.2) is 24.3 Å². The van der Waals surface area contributed by atoms with Gasteiger partial charge in [-0.1, -0.05) is 59.1 Å². The van der Waals surface area contributed by atoms with Gasteiger partial charge in [0.15, 0.2) is 0 Å². The molecule has 0 bridgehead atoms. The van der Waals surface area contributed by atoms with E-state index in [1.165, 1.54) is 7.11 Å². The van der Waals surface area contributed by atoms with Crippen molar-refractivity contribution in [2.75, 3.05) is 7.11 Å². The van der Waals surface area contributed by atoms with E-state index in [9.17, 15) is 4.79 Å². The molecule has 15 heavy (non-hydrogen) atoms. The van der Waals surface area contributed by atoms with Gasteiger partial charge in [0.2, 0.25) is 3.79 Å². The van der Waals surface area contributed by atoms with Gasteiger partial charge in [-0.3, -0.25) is 4.79 Å². The summed E-state index contributed by atoms with van der Waals surface area (Å²) >= 11 is 17.3. The third-order valence-electron chi connectivity index (χ3n) is 1.89. The van der Waals surface area contributed by atoms with Crippen LogP contribution in [0.2, 0.25) is 0 Å². The maximum absolute atomic E-state index is 11.1. The Morgan fingerprint density at radius 1 is 1.33 bits per heavy atom. The highest BCUT2D eigenvalue weighted by Crippen LogP contribution is 2.40. The zero-order valence-corrected chi connectivity index (χ0v) is 10.2. The molecule has 1 rings (SSSR count). The molecule has 1 aromatic rings. The molecule has 0 N–H and O–H groups in total. The molecule has 2 nitrogen and oxygen atoms in total. The van der Waals surface area contributed by atoms with Crippen LogP contribution in [0.4, 0.5) is 0 Å². The molecule has 0 atom stereocenters. The van der Waals surface area contributed by atoms with Gasteiger partial charge in [0.1, 0.15) is 0 Å². The molecule has 0 radical (unpaired) electrons. The maximum atomic E-state index is 11.1. The Balaban J connectivity index is 3.02. The molecule has 0 fully saturated rings. The lowest BCUT2D eigenvalue weighted by molar-refractivity contribution is -0.139. The van der Waals surface area contributed by atoms with Crippen molar-refractivity contribution in [3.8, 4) is 0 Å². The molecule has 1 aromatic carbocycles. The van der Waals surface area contributed by atoms with Gasteiger partial charge >= 0.3 is 5.97 Å². The summed E-state index contributed by atoms with van der Waals surface area (Å²) < 4.78 is 3.03. The van der Waals surface area contributed by atoms with Crippen LogP contribution in [0.5, 0.6) is 0 Å². The molecule has 0 heterocycles. The highest BCUT2D eigenvalue weighted by molar-refractivity contribution is 6.66. The molecule has 82 valence electrons. The van der Waals surface area contributed by atoms with Crippen molar-refractivity contribution in [1.29, 1.82) is 0 Å². The zero-order valence-electron chi connectivity index (χ0n) is 7.97. The number of hydrogen-bond acceptors (Lipinski definition) is 2. The van der Waals surface area contributed by atoms with Crippen LogP contribution in [0.25, 0.3) is 0 Å². The number of carbonyl (C=O) groups excluding carboxylic acids is 1. The van der Waals surface area contributed by atoms with Gasteiger partial charge in [-0.15, -0.1) is 0 Å². The average Bonchev–Trinajstić information content (AvgIpc) is 2.17. The summed E-state index contributed by atoms with van der Waals surface area (Å²) in [6, 6.07) is 6.93. The second-order valence-corrected chi connectivity index (χ2v) is 5.19. The highest BCUT2D eigenvalue weighted by Gasteiger charge is 2.26. The topological polar surface area (TPSA) is 26.3 Å². The molecule has 0 unspecified atom stereocenters. The van der Waals surface area contributed by atoms with Crippen LogP contribution in [0.3, 0.4) is 0 Å². The number of benzene rings is 1. The van der Waals surface area contributed by atoms with Crippen LogP contribution in [-0.4, -0.2) is 13.1 Å². The molecule has 0 aliphatic rings. The average molecular weight is 268 g/mol. The Hall–Kier alpha value is -0.440. The van der Waals surface area contributed by atoms with Crippen molar-refractivity contribution in [2.24, 2.45) is 0 Å². The van der Waals surface area contributed by atoms with Gasteiger partial charge in [0, 0.05) is 5.56 Å². The number of rotatable bonds is 2. The Bertz CT molecular complexity index is 358. The molecular weight excluding hydrogens is 258 g/mol. The van der Waals surface area contributed by atoms with Crippen molar-refractivity contribution in [1.82, 2.24) is 0 Å². The first-order chi connectivity index (χ1) is 6.95. The van der Waals surface area contributed by atoms with Crippen molar-refractivity contribution in [3.63, 3.8) is 0 Å². The molecule has 0 saturated heterocycles. The summed E-state index contributed by atoms with van der Waals surface area (Å²) in [6.07, 6.45) is 0.0978. The van der Waals surface area contributed by atoms with E-state index in [2.05, 4.69) is 4.74 Å². The highest BCUT2D eigenvalue weighted by atomic mass is 35.6. The Labute approximate surface area is 103 Å². The largest absolute Gasteiger partial charge is 0.469 e. The molecule has 0 amide bonds. The summed E-state index contributed by atoms with van der Waals surface area (Å²) in [4.78, 5) is 11.1. The molecule has 0 saturated carbocycles. The number of halogens is 3. The Kier molecular flexibility index (Phi) is 4.26. The maximum Gasteiger partial charge on any atom is 0.309 e. The first-order valence-corrected chi connectivity index (χ1v) is 5.30. The van der Waals surface area contributed by atoms with E-state index >= 15 is 0 Å². The second kappa shape index (κ2) is 5.06. The van der Waals surface area contributed by atoms with Gasteiger partial charge in [-0.05, 0) is 5.56 Å². The van der Waals surface area contributed by atoms with Crippen LogP contribution in [0.1, 0.15) is 11.1 Å². The second-order valence-electron chi connectivity index (χ2n) is 2.91. The van der Waals surface area contributed by atoms with E-state index in [1.807, 2.05) is 0 Å². The van der Waals surface area contributed by atoms with Gasteiger partial charge < -0.3 is 4.74 Å². The number of hydrogen-bond donors (Lipinski definition) is 0. The summed E-state index contributed by atoms with van der Waals surface area (Å²) in [5.74, 6) is -0.364. The van der Waals surface area contributed by atoms with Gasteiger partial charge in [-0.25, -0.2) is 0 Å². The quantitative estimate of drug-likeness (QED) is 0.607. The molecular formula is C10H9Cl3O2. The molecule has 5 heteroatoms. The number of ether oxygens (including phenoxy) is 1. The summed E-state index contributed by atoms with van der Waals surface area (Å²) in [5, 5.41) is 0. The van der Waals surface area contributed by atoms with E-state index in [0.717, 1.165) is 0 Å². The lowest BCUT2D eigenvalue weighted by Crippen LogP contribution is -2.11. The van der Waals surface area contributed by atoms with Crippen LogP contribution < -0.4 is 0 Å². The zero-order chi connectivity index (χ0) is 11.5. The van der Waals surface area contributed by atoms with Gasteiger partial charge in [0.05, 0.1) is 13.5 Å². The third-order valence-corrected chi connectivity index (χ3v) is 2.50. The minimum Gasteiger partial charge on any atom is -0.469 e. The minimum absolute atomic E-state index is 0.0978. The fraction of sp³-hybridized carbons (Fsp3) is 0.300. The van der Waals surface area contributed by atoms with Crippen molar-refractivity contribution >= 4 is 40.8 Å². The summed E-state index contributed by atoms with van der Waals surface area (Å²) in [6.45, 7) is 0. The van der Waals surface area contributed by atoms with E-state index in [0.29, 0.717) is 11.1 Å². The van der Waals surface area contributed by atoms with Crippen molar-refractivity contribution in [3.05, 3.63) is 35.4 Å². The predicted octanol–water partition coefficient (Wildman–Crippen LogP) is 3.23.